The van der Waals surface area contributed by atoms with E-state index in [4.69, 9.17) is 9.47 Å². The molecular weight excluding hydrogens is 639 g/mol. The summed E-state index contributed by atoms with van der Waals surface area (Å²) in [6.07, 6.45) is 26.5. The van der Waals surface area contributed by atoms with Crippen molar-refractivity contribution in [2.45, 2.75) is 142 Å². The zero-order chi connectivity index (χ0) is 33.9. The van der Waals surface area contributed by atoms with Crippen LogP contribution < -0.4 is 14.4 Å². The highest BCUT2D eigenvalue weighted by Crippen LogP contribution is 2.56. The van der Waals surface area contributed by atoms with Crippen LogP contribution in [0.5, 0.6) is 11.5 Å². The van der Waals surface area contributed by atoms with Crippen LogP contribution >= 0.6 is 22.7 Å². The molecule has 0 unspecified atom stereocenters. The third-order valence-electron chi connectivity index (χ3n) is 9.87. The van der Waals surface area contributed by atoms with Crippen LogP contribution in [0.1, 0.15) is 142 Å². The molecular formula is C44H61NO2S2. The quantitative estimate of drug-likeness (QED) is 0.0566. The lowest BCUT2D eigenvalue weighted by Crippen LogP contribution is -2.08. The number of para-hydroxylation sites is 1. The first-order valence-corrected chi connectivity index (χ1v) is 21.5. The number of thiophene rings is 2. The van der Waals surface area contributed by atoms with E-state index in [9.17, 15) is 0 Å². The van der Waals surface area contributed by atoms with Crippen molar-refractivity contribution in [2.75, 3.05) is 18.1 Å². The minimum absolute atomic E-state index is 0.738. The molecule has 3 heterocycles. The molecule has 1 aliphatic heterocycles. The minimum Gasteiger partial charge on any atom is -0.490 e. The van der Waals surface area contributed by atoms with E-state index in [1.807, 2.05) is 22.7 Å². The third-order valence-corrected chi connectivity index (χ3v) is 11.7. The van der Waals surface area contributed by atoms with Crippen LogP contribution in [0.4, 0.5) is 17.1 Å². The molecule has 0 spiro atoms. The summed E-state index contributed by atoms with van der Waals surface area (Å²) in [6.45, 7) is 6.06. The van der Waals surface area contributed by atoms with Crippen molar-refractivity contribution < 1.29 is 9.47 Å². The summed E-state index contributed by atoms with van der Waals surface area (Å²) < 4.78 is 13.2. The molecule has 2 aromatic heterocycles. The second kappa shape index (κ2) is 21.5. The average molecular weight is 700 g/mol. The van der Waals surface area contributed by atoms with E-state index in [2.05, 4.69) is 84.1 Å². The van der Waals surface area contributed by atoms with Crippen LogP contribution in [0, 0.1) is 0 Å². The summed E-state index contributed by atoms with van der Waals surface area (Å²) in [6, 6.07) is 19.9. The van der Waals surface area contributed by atoms with E-state index < -0.39 is 0 Å². The van der Waals surface area contributed by atoms with Crippen molar-refractivity contribution in [1.82, 2.24) is 0 Å². The fourth-order valence-corrected chi connectivity index (χ4v) is 8.87. The van der Waals surface area contributed by atoms with Crippen LogP contribution in [0.2, 0.25) is 0 Å². The average Bonchev–Trinajstić information content (AvgIpc) is 3.79. The highest BCUT2D eigenvalue weighted by Gasteiger charge is 2.29. The van der Waals surface area contributed by atoms with Crippen LogP contribution in [0.3, 0.4) is 0 Å². The van der Waals surface area contributed by atoms with E-state index in [1.54, 1.807) is 0 Å². The fourth-order valence-electron chi connectivity index (χ4n) is 7.05. The monoisotopic (exact) mass is 699 g/mol. The molecule has 5 rings (SSSR count). The summed E-state index contributed by atoms with van der Waals surface area (Å²) in [5, 5.41) is 4.45. The lowest BCUT2D eigenvalue weighted by Gasteiger charge is -2.23. The standard InChI is InChI=1S/C44H61NO2S2/c1-3-5-7-9-11-13-15-17-19-24-30-46-41-34-37-38(35-42(41)47-31-25-20-18-16-14-12-10-8-6-4-2)44-40(29-33-49-44)45(36-26-22-21-23-27-36)39-28-32-48-43(37)39/h21-23,26-29,32-35H,3-20,24-25,30-31H2,1-2H3. The first kappa shape index (κ1) is 37.5. The summed E-state index contributed by atoms with van der Waals surface area (Å²) in [4.78, 5) is 4.99. The zero-order valence-corrected chi connectivity index (χ0v) is 32.1. The molecule has 2 aromatic carbocycles. The molecule has 0 bridgehead atoms. The third kappa shape index (κ3) is 11.1. The lowest BCUT2D eigenvalue weighted by molar-refractivity contribution is 0.258. The van der Waals surface area contributed by atoms with Crippen LogP contribution in [0.25, 0.3) is 20.9 Å². The number of rotatable bonds is 25. The fraction of sp³-hybridized carbons (Fsp3) is 0.545. The van der Waals surface area contributed by atoms with E-state index in [-0.39, 0.29) is 0 Å². The van der Waals surface area contributed by atoms with Crippen molar-refractivity contribution in [3.8, 4) is 32.4 Å². The number of ether oxygens (including phenoxy) is 2. The Bertz CT molecular complexity index is 1380. The van der Waals surface area contributed by atoms with Crippen LogP contribution in [-0.4, -0.2) is 13.2 Å². The Morgan fingerprint density at radius 1 is 0.469 bits per heavy atom. The lowest BCUT2D eigenvalue weighted by atomic mass is 10.0. The topological polar surface area (TPSA) is 21.7 Å². The Balaban J connectivity index is 1.25. The molecule has 0 saturated heterocycles. The second-order valence-electron chi connectivity index (χ2n) is 13.8. The summed E-state index contributed by atoms with van der Waals surface area (Å²) in [5.74, 6) is 1.79. The Morgan fingerprint density at radius 2 is 0.857 bits per heavy atom. The minimum atomic E-state index is 0.738. The Morgan fingerprint density at radius 3 is 1.27 bits per heavy atom. The van der Waals surface area contributed by atoms with E-state index >= 15 is 0 Å². The molecule has 0 N–H and O–H groups in total. The maximum absolute atomic E-state index is 6.61. The van der Waals surface area contributed by atoms with Gasteiger partial charge in [-0.2, -0.15) is 0 Å². The predicted octanol–water partition coefficient (Wildman–Crippen LogP) is 15.5. The van der Waals surface area contributed by atoms with Gasteiger partial charge >= 0.3 is 0 Å². The van der Waals surface area contributed by atoms with Crippen molar-refractivity contribution >= 4 is 39.7 Å². The van der Waals surface area contributed by atoms with Gasteiger partial charge in [0.1, 0.15) is 0 Å². The van der Waals surface area contributed by atoms with Gasteiger partial charge in [-0.15, -0.1) is 22.7 Å². The zero-order valence-electron chi connectivity index (χ0n) is 30.5. The molecule has 5 heteroatoms. The van der Waals surface area contributed by atoms with Gasteiger partial charge in [-0.3, -0.25) is 0 Å². The molecule has 0 atom stereocenters. The molecule has 4 aromatic rings. The van der Waals surface area contributed by atoms with E-state index in [0.717, 1.165) is 37.6 Å². The summed E-state index contributed by atoms with van der Waals surface area (Å²) in [7, 11) is 0. The first-order valence-electron chi connectivity index (χ1n) is 19.8. The molecule has 1 aliphatic rings. The summed E-state index contributed by atoms with van der Waals surface area (Å²) in [5.41, 5.74) is 6.14. The molecule has 0 amide bonds. The van der Waals surface area contributed by atoms with Gasteiger partial charge in [0.2, 0.25) is 0 Å². The van der Waals surface area contributed by atoms with Gasteiger partial charge < -0.3 is 14.4 Å². The van der Waals surface area contributed by atoms with Crippen LogP contribution in [0.15, 0.2) is 65.4 Å². The van der Waals surface area contributed by atoms with Crippen LogP contribution in [-0.2, 0) is 0 Å². The summed E-state index contributed by atoms with van der Waals surface area (Å²) >= 11 is 3.63. The Kier molecular flexibility index (Phi) is 16.4. The molecule has 0 aliphatic carbocycles. The number of hydrogen-bond acceptors (Lipinski definition) is 5. The van der Waals surface area contributed by atoms with Gasteiger partial charge in [-0.05, 0) is 60.0 Å². The largest absolute Gasteiger partial charge is 0.490 e. The van der Waals surface area contributed by atoms with Crippen molar-refractivity contribution in [3.05, 3.63) is 65.4 Å². The Labute approximate surface area is 306 Å². The van der Waals surface area contributed by atoms with Gasteiger partial charge in [-0.1, -0.05) is 148 Å². The van der Waals surface area contributed by atoms with Gasteiger partial charge in [0.15, 0.2) is 11.5 Å². The molecule has 3 nitrogen and oxygen atoms in total. The maximum atomic E-state index is 6.61. The predicted molar refractivity (Wildman–Crippen MR) is 216 cm³/mol. The molecule has 266 valence electrons. The van der Waals surface area contributed by atoms with Gasteiger partial charge in [0.05, 0.1) is 34.3 Å². The normalized spacial score (nSPS) is 12.0. The number of benzene rings is 2. The van der Waals surface area contributed by atoms with Crippen molar-refractivity contribution in [1.29, 1.82) is 0 Å². The number of anilines is 3. The molecule has 0 fully saturated rings. The van der Waals surface area contributed by atoms with Crippen molar-refractivity contribution in [2.24, 2.45) is 0 Å². The Hall–Kier alpha value is -2.76. The van der Waals surface area contributed by atoms with E-state index in [1.165, 1.54) is 154 Å². The molecule has 0 radical (unpaired) electrons. The highest BCUT2D eigenvalue weighted by atomic mass is 32.1. The highest BCUT2D eigenvalue weighted by molar-refractivity contribution is 7.15. The number of fused-ring (bicyclic) bond motifs is 5. The van der Waals surface area contributed by atoms with E-state index in [0.29, 0.717) is 0 Å². The number of nitrogens with zero attached hydrogens (tertiary/aromatic N) is 1. The number of unbranched alkanes of at least 4 members (excludes halogenated alkanes) is 18. The van der Waals surface area contributed by atoms with Gasteiger partial charge in [0.25, 0.3) is 0 Å². The van der Waals surface area contributed by atoms with Crippen molar-refractivity contribution in [3.63, 3.8) is 0 Å². The smallest absolute Gasteiger partial charge is 0.161 e. The second-order valence-corrected chi connectivity index (χ2v) is 15.7. The molecule has 0 saturated carbocycles. The number of hydrogen-bond donors (Lipinski definition) is 0. The first-order chi connectivity index (χ1) is 24.3. The SMILES string of the molecule is CCCCCCCCCCCCOc1cc2c(cc1OCCCCCCCCCCCC)-c1sccc1N(c1ccccc1)c1ccsc1-2. The van der Waals surface area contributed by atoms with Gasteiger partial charge in [-0.25, -0.2) is 0 Å². The molecule has 49 heavy (non-hydrogen) atoms. The van der Waals surface area contributed by atoms with Gasteiger partial charge in [0, 0.05) is 16.8 Å². The maximum Gasteiger partial charge on any atom is 0.161 e.